The molecule has 4 N–H and O–H groups in total. The highest BCUT2D eigenvalue weighted by Gasteiger charge is 2.09. The van der Waals surface area contributed by atoms with Crippen molar-refractivity contribution in [3.63, 3.8) is 0 Å². The highest BCUT2D eigenvalue weighted by atomic mass is 14.5. The van der Waals surface area contributed by atoms with Gasteiger partial charge < -0.3 is 11.5 Å². The highest BCUT2D eigenvalue weighted by Crippen LogP contribution is 2.24. The lowest BCUT2D eigenvalue weighted by molar-refractivity contribution is 0.567. The molecule has 0 unspecified atom stereocenters. The summed E-state index contributed by atoms with van der Waals surface area (Å²) in [5, 5.41) is 0. The number of rotatable bonds is 29. The normalized spacial score (nSPS) is 11.4. The number of nitrogens with two attached hydrogens (primary N) is 2. The fraction of sp³-hybridized carbons (Fsp3) is 0.538. The van der Waals surface area contributed by atoms with Crippen LogP contribution >= 0.6 is 0 Å². The van der Waals surface area contributed by atoms with Crippen LogP contribution in [0.4, 0.5) is 11.4 Å². The average molecular weight is 729 g/mol. The number of benzene rings is 4. The standard InChI is InChI=1S/C52H76N2/c1-3-5-7-9-17-21-25-47-39-43(27-33-49(47)41-45-29-35-51(53)36-30-45)23-19-15-13-11-12-14-16-20-24-44-28-34-50(42-46-31-37-52(54)38-32-46)48(40-44)26-22-18-10-8-6-4-2/h27-40H,3-26,41-42,53-54H2,1-2H3. The molecule has 0 saturated heterocycles. The maximum atomic E-state index is 5.96. The second kappa shape index (κ2) is 26.3. The quantitative estimate of drug-likeness (QED) is 0.0432. The van der Waals surface area contributed by atoms with E-state index in [1.54, 1.807) is 11.1 Å². The van der Waals surface area contributed by atoms with Gasteiger partial charge >= 0.3 is 0 Å². The number of anilines is 2. The molecular formula is C52H76N2. The van der Waals surface area contributed by atoms with Gasteiger partial charge in [-0.25, -0.2) is 0 Å². The monoisotopic (exact) mass is 729 g/mol. The smallest absolute Gasteiger partial charge is 0.0314 e. The van der Waals surface area contributed by atoms with Crippen molar-refractivity contribution in [2.75, 3.05) is 11.5 Å². The molecule has 2 heteroatoms. The van der Waals surface area contributed by atoms with Crippen LogP contribution in [-0.2, 0) is 38.5 Å². The maximum Gasteiger partial charge on any atom is 0.0314 e. The molecule has 54 heavy (non-hydrogen) atoms. The van der Waals surface area contributed by atoms with E-state index < -0.39 is 0 Å². The van der Waals surface area contributed by atoms with E-state index in [0.717, 1.165) is 24.2 Å². The fourth-order valence-corrected chi connectivity index (χ4v) is 8.10. The molecule has 0 aliphatic rings. The summed E-state index contributed by atoms with van der Waals surface area (Å²) >= 11 is 0. The first-order chi connectivity index (χ1) is 26.5. The van der Waals surface area contributed by atoms with Crippen LogP contribution in [0, 0.1) is 0 Å². The molecule has 0 fully saturated rings. The Morgan fingerprint density at radius 3 is 0.944 bits per heavy atom. The molecule has 4 rings (SSSR count). The lowest BCUT2D eigenvalue weighted by Gasteiger charge is -2.13. The first kappa shape index (κ1) is 43.2. The first-order valence-corrected chi connectivity index (χ1v) is 22.4. The summed E-state index contributed by atoms with van der Waals surface area (Å²) in [7, 11) is 0. The second-order valence-electron chi connectivity index (χ2n) is 16.4. The third-order valence-corrected chi connectivity index (χ3v) is 11.6. The van der Waals surface area contributed by atoms with E-state index in [9.17, 15) is 0 Å². The predicted octanol–water partition coefficient (Wildman–Crippen LogP) is 14.7. The molecule has 2 nitrogen and oxygen atoms in total. The molecule has 0 atom stereocenters. The van der Waals surface area contributed by atoms with Gasteiger partial charge in [0.05, 0.1) is 0 Å². The largest absolute Gasteiger partial charge is 0.399 e. The molecule has 294 valence electrons. The van der Waals surface area contributed by atoms with Crippen molar-refractivity contribution in [1.29, 1.82) is 0 Å². The Labute approximate surface area is 332 Å². The van der Waals surface area contributed by atoms with E-state index in [2.05, 4.69) is 74.5 Å². The summed E-state index contributed by atoms with van der Waals surface area (Å²) in [6.45, 7) is 4.60. The highest BCUT2D eigenvalue weighted by molar-refractivity contribution is 5.43. The van der Waals surface area contributed by atoms with E-state index >= 15 is 0 Å². The Hall–Kier alpha value is -3.52. The fourth-order valence-electron chi connectivity index (χ4n) is 8.10. The van der Waals surface area contributed by atoms with Crippen LogP contribution in [0.1, 0.15) is 187 Å². The summed E-state index contributed by atoms with van der Waals surface area (Å²) in [4.78, 5) is 0. The van der Waals surface area contributed by atoms with Crippen LogP contribution in [0.15, 0.2) is 84.9 Å². The zero-order chi connectivity index (χ0) is 38.1. The van der Waals surface area contributed by atoms with Crippen molar-refractivity contribution >= 4 is 11.4 Å². The van der Waals surface area contributed by atoms with Crippen LogP contribution in [0.2, 0.25) is 0 Å². The molecule has 0 aliphatic heterocycles. The van der Waals surface area contributed by atoms with Crippen molar-refractivity contribution in [1.82, 2.24) is 0 Å². The molecule has 0 aliphatic carbocycles. The number of hydrogen-bond donors (Lipinski definition) is 2. The van der Waals surface area contributed by atoms with Gasteiger partial charge in [0.25, 0.3) is 0 Å². The van der Waals surface area contributed by atoms with E-state index in [1.807, 2.05) is 24.3 Å². The van der Waals surface area contributed by atoms with Crippen LogP contribution in [-0.4, -0.2) is 0 Å². The van der Waals surface area contributed by atoms with Crippen molar-refractivity contribution in [3.8, 4) is 0 Å². The van der Waals surface area contributed by atoms with Crippen LogP contribution in [0.3, 0.4) is 0 Å². The van der Waals surface area contributed by atoms with Gasteiger partial charge in [-0.05, 0) is 133 Å². The van der Waals surface area contributed by atoms with Crippen LogP contribution in [0.25, 0.3) is 0 Å². The van der Waals surface area contributed by atoms with Gasteiger partial charge in [-0.1, -0.05) is 177 Å². The first-order valence-electron chi connectivity index (χ1n) is 22.4. The van der Waals surface area contributed by atoms with Crippen molar-refractivity contribution in [3.05, 3.63) is 129 Å². The Morgan fingerprint density at radius 1 is 0.296 bits per heavy atom. The second-order valence-corrected chi connectivity index (χ2v) is 16.4. The molecule has 0 aromatic heterocycles. The number of unbranched alkanes of at least 4 members (excludes halogenated alkanes) is 17. The van der Waals surface area contributed by atoms with Crippen molar-refractivity contribution in [2.24, 2.45) is 0 Å². The molecule has 0 amide bonds. The predicted molar refractivity (Wildman–Crippen MR) is 239 cm³/mol. The number of aryl methyl sites for hydroxylation is 4. The zero-order valence-corrected chi connectivity index (χ0v) is 34.6. The number of hydrogen-bond acceptors (Lipinski definition) is 2. The van der Waals surface area contributed by atoms with Crippen LogP contribution < -0.4 is 11.5 Å². The molecule has 0 heterocycles. The molecule has 0 spiro atoms. The van der Waals surface area contributed by atoms with Crippen molar-refractivity contribution < 1.29 is 0 Å². The van der Waals surface area contributed by atoms with Crippen molar-refractivity contribution in [2.45, 2.75) is 181 Å². The molecule has 0 radical (unpaired) electrons. The third kappa shape index (κ3) is 17.3. The number of nitrogen functional groups attached to an aromatic ring is 2. The van der Waals surface area contributed by atoms with E-state index in [4.69, 9.17) is 11.5 Å². The topological polar surface area (TPSA) is 52.0 Å². The summed E-state index contributed by atoms with van der Waals surface area (Å²) in [6, 6.07) is 31.6. The summed E-state index contributed by atoms with van der Waals surface area (Å²) in [6.07, 6.45) is 33.9. The third-order valence-electron chi connectivity index (χ3n) is 11.6. The molecule has 4 aromatic carbocycles. The van der Waals surface area contributed by atoms with E-state index in [-0.39, 0.29) is 0 Å². The van der Waals surface area contributed by atoms with Gasteiger partial charge in [0.1, 0.15) is 0 Å². The molecule has 0 bridgehead atoms. The zero-order valence-electron chi connectivity index (χ0n) is 34.6. The Balaban J connectivity index is 1.14. The molecule has 4 aromatic rings. The van der Waals surface area contributed by atoms with Gasteiger partial charge in [0, 0.05) is 11.4 Å². The van der Waals surface area contributed by atoms with Gasteiger partial charge in [0.15, 0.2) is 0 Å². The average Bonchev–Trinajstić information content (AvgIpc) is 3.18. The van der Waals surface area contributed by atoms with E-state index in [0.29, 0.717) is 0 Å². The molecular weight excluding hydrogens is 653 g/mol. The minimum atomic E-state index is 0.845. The summed E-state index contributed by atoms with van der Waals surface area (Å²) in [5.74, 6) is 0. The van der Waals surface area contributed by atoms with Gasteiger partial charge in [-0.15, -0.1) is 0 Å². The summed E-state index contributed by atoms with van der Waals surface area (Å²) in [5.41, 5.74) is 25.5. The van der Waals surface area contributed by atoms with E-state index in [1.165, 1.54) is 187 Å². The molecule has 0 saturated carbocycles. The Bertz CT molecular complexity index is 1430. The Morgan fingerprint density at radius 2 is 0.593 bits per heavy atom. The van der Waals surface area contributed by atoms with Gasteiger partial charge in [-0.2, -0.15) is 0 Å². The minimum absolute atomic E-state index is 0.845. The SMILES string of the molecule is CCCCCCCCc1cc(CCCCCCCCCCc2ccc(Cc3ccc(N)cc3)c(CCCCCCCC)c2)ccc1Cc1ccc(N)cc1. The van der Waals surface area contributed by atoms with Gasteiger partial charge in [-0.3, -0.25) is 0 Å². The maximum absolute atomic E-state index is 5.96. The Kier molecular flexibility index (Phi) is 21.1. The minimum Gasteiger partial charge on any atom is -0.399 e. The lowest BCUT2D eigenvalue weighted by Crippen LogP contribution is -1.99. The van der Waals surface area contributed by atoms with Gasteiger partial charge in [0.2, 0.25) is 0 Å². The lowest BCUT2D eigenvalue weighted by atomic mass is 9.92. The van der Waals surface area contributed by atoms with Crippen LogP contribution in [0.5, 0.6) is 0 Å². The summed E-state index contributed by atoms with van der Waals surface area (Å²) < 4.78 is 0.